The number of methoxy groups -OCH3 is 1. The van der Waals surface area contributed by atoms with Crippen molar-refractivity contribution in [3.8, 4) is 0 Å². The summed E-state index contributed by atoms with van der Waals surface area (Å²) >= 11 is 0. The maximum atomic E-state index is 13.1. The summed E-state index contributed by atoms with van der Waals surface area (Å²) in [5, 5.41) is 0. The molecule has 3 aromatic carbocycles. The van der Waals surface area contributed by atoms with E-state index >= 15 is 0 Å². The van der Waals surface area contributed by atoms with Gasteiger partial charge in [-0.2, -0.15) is 0 Å². The topological polar surface area (TPSA) is 43.4 Å². The van der Waals surface area contributed by atoms with Crippen LogP contribution in [0.5, 0.6) is 0 Å². The van der Waals surface area contributed by atoms with E-state index in [1.165, 1.54) is 7.11 Å². The van der Waals surface area contributed by atoms with E-state index in [-0.39, 0.29) is 11.8 Å². The highest BCUT2D eigenvalue weighted by Gasteiger charge is 2.17. The summed E-state index contributed by atoms with van der Waals surface area (Å²) in [4.78, 5) is 25.1. The van der Waals surface area contributed by atoms with Crippen molar-refractivity contribution < 1.29 is 14.3 Å². The molecule has 0 bridgehead atoms. The van der Waals surface area contributed by atoms with Crippen molar-refractivity contribution in [2.45, 2.75) is 13.3 Å². The molecule has 0 aliphatic heterocycles. The number of carbonyl (C=O) groups is 2. The SMILES string of the molecule is COC(=O)c1ccccc1Cc1ccccc1C(=O)c1ccccc1C. The van der Waals surface area contributed by atoms with Crippen LogP contribution in [0.15, 0.2) is 72.8 Å². The predicted molar refractivity (Wildman–Crippen MR) is 102 cm³/mol. The van der Waals surface area contributed by atoms with E-state index in [4.69, 9.17) is 4.74 Å². The summed E-state index contributed by atoms with van der Waals surface area (Å²) in [6.45, 7) is 1.93. The van der Waals surface area contributed by atoms with Crippen molar-refractivity contribution in [3.63, 3.8) is 0 Å². The zero-order valence-corrected chi connectivity index (χ0v) is 14.9. The lowest BCUT2D eigenvalue weighted by Crippen LogP contribution is -2.10. The minimum atomic E-state index is -0.372. The maximum absolute atomic E-state index is 13.1. The Labute approximate surface area is 153 Å². The first-order chi connectivity index (χ1) is 12.6. The van der Waals surface area contributed by atoms with Gasteiger partial charge in [-0.15, -0.1) is 0 Å². The first-order valence-corrected chi connectivity index (χ1v) is 8.46. The van der Waals surface area contributed by atoms with Crippen LogP contribution in [0.2, 0.25) is 0 Å². The van der Waals surface area contributed by atoms with Gasteiger partial charge in [0.2, 0.25) is 0 Å². The highest BCUT2D eigenvalue weighted by Crippen LogP contribution is 2.22. The van der Waals surface area contributed by atoms with Crippen molar-refractivity contribution in [2.75, 3.05) is 7.11 Å². The summed E-state index contributed by atoms with van der Waals surface area (Å²) in [7, 11) is 1.37. The third-order valence-corrected chi connectivity index (χ3v) is 4.46. The Bertz CT molecular complexity index is 957. The van der Waals surface area contributed by atoms with E-state index in [0.717, 1.165) is 16.7 Å². The van der Waals surface area contributed by atoms with Gasteiger partial charge >= 0.3 is 5.97 Å². The van der Waals surface area contributed by atoms with Gasteiger partial charge in [0.05, 0.1) is 12.7 Å². The second-order valence-electron chi connectivity index (χ2n) is 6.13. The van der Waals surface area contributed by atoms with Crippen LogP contribution < -0.4 is 0 Å². The average Bonchev–Trinajstić information content (AvgIpc) is 2.68. The molecule has 0 aliphatic rings. The van der Waals surface area contributed by atoms with Crippen LogP contribution in [0.1, 0.15) is 43.0 Å². The molecule has 3 rings (SSSR count). The molecule has 0 unspecified atom stereocenters. The quantitative estimate of drug-likeness (QED) is 0.502. The third kappa shape index (κ3) is 3.57. The number of esters is 1. The minimum Gasteiger partial charge on any atom is -0.465 e. The molecule has 0 radical (unpaired) electrons. The number of hydrogen-bond acceptors (Lipinski definition) is 3. The van der Waals surface area contributed by atoms with Crippen molar-refractivity contribution >= 4 is 11.8 Å². The molecule has 0 saturated carbocycles. The van der Waals surface area contributed by atoms with Crippen LogP contribution >= 0.6 is 0 Å². The zero-order chi connectivity index (χ0) is 18.5. The van der Waals surface area contributed by atoms with Crippen LogP contribution in [-0.4, -0.2) is 18.9 Å². The van der Waals surface area contributed by atoms with Gasteiger partial charge in [0.1, 0.15) is 0 Å². The maximum Gasteiger partial charge on any atom is 0.338 e. The lowest BCUT2D eigenvalue weighted by molar-refractivity contribution is 0.0599. The number of ether oxygens (including phenoxy) is 1. The second-order valence-corrected chi connectivity index (χ2v) is 6.13. The Morgan fingerprint density at radius 1 is 0.731 bits per heavy atom. The van der Waals surface area contributed by atoms with Gasteiger partial charge in [0.15, 0.2) is 5.78 Å². The molecule has 130 valence electrons. The smallest absolute Gasteiger partial charge is 0.338 e. The van der Waals surface area contributed by atoms with Gasteiger partial charge in [-0.1, -0.05) is 66.7 Å². The van der Waals surface area contributed by atoms with Crippen LogP contribution in [0, 0.1) is 6.92 Å². The summed E-state index contributed by atoms with van der Waals surface area (Å²) in [5.74, 6) is -0.377. The molecule has 3 aromatic rings. The Morgan fingerprint density at radius 2 is 1.23 bits per heavy atom. The number of ketones is 1. The zero-order valence-electron chi connectivity index (χ0n) is 14.9. The minimum absolute atomic E-state index is 0.00532. The Kier molecular flexibility index (Phi) is 5.28. The average molecular weight is 344 g/mol. The largest absolute Gasteiger partial charge is 0.465 e. The van der Waals surface area contributed by atoms with E-state index in [9.17, 15) is 9.59 Å². The third-order valence-electron chi connectivity index (χ3n) is 4.46. The van der Waals surface area contributed by atoms with Crippen molar-refractivity contribution in [1.82, 2.24) is 0 Å². The summed E-state index contributed by atoms with van der Waals surface area (Å²) < 4.78 is 4.87. The first kappa shape index (κ1) is 17.6. The number of rotatable bonds is 5. The van der Waals surface area contributed by atoms with Gasteiger partial charge in [0.25, 0.3) is 0 Å². The fourth-order valence-electron chi connectivity index (χ4n) is 3.06. The molecule has 0 amide bonds. The van der Waals surface area contributed by atoms with Crippen molar-refractivity contribution in [3.05, 3.63) is 106 Å². The predicted octanol–water partition coefficient (Wildman–Crippen LogP) is 4.60. The summed E-state index contributed by atoms with van der Waals surface area (Å²) in [6, 6.07) is 22.4. The van der Waals surface area contributed by atoms with E-state index in [0.29, 0.717) is 23.1 Å². The molecule has 26 heavy (non-hydrogen) atoms. The number of carbonyl (C=O) groups excluding carboxylic acids is 2. The van der Waals surface area contributed by atoms with Crippen LogP contribution in [0.4, 0.5) is 0 Å². The fourth-order valence-corrected chi connectivity index (χ4v) is 3.06. The van der Waals surface area contributed by atoms with Gasteiger partial charge in [-0.25, -0.2) is 4.79 Å². The molecule has 0 heterocycles. The molecule has 0 saturated heterocycles. The van der Waals surface area contributed by atoms with Gasteiger partial charge < -0.3 is 4.74 Å². The molecular weight excluding hydrogens is 324 g/mol. The van der Waals surface area contributed by atoms with Crippen LogP contribution in [0.25, 0.3) is 0 Å². The number of aryl methyl sites for hydroxylation is 1. The Morgan fingerprint density at radius 3 is 1.85 bits per heavy atom. The molecule has 3 heteroatoms. The van der Waals surface area contributed by atoms with Crippen LogP contribution in [-0.2, 0) is 11.2 Å². The van der Waals surface area contributed by atoms with Gasteiger partial charge in [-0.3, -0.25) is 4.79 Å². The fraction of sp³-hybridized carbons (Fsp3) is 0.130. The number of hydrogen-bond donors (Lipinski definition) is 0. The first-order valence-electron chi connectivity index (χ1n) is 8.46. The van der Waals surface area contributed by atoms with Crippen LogP contribution in [0.3, 0.4) is 0 Å². The molecular formula is C23H20O3. The van der Waals surface area contributed by atoms with E-state index in [2.05, 4.69) is 0 Å². The lowest BCUT2D eigenvalue weighted by atomic mass is 9.91. The molecule has 0 N–H and O–H groups in total. The Hall–Kier alpha value is -3.20. The molecule has 0 aliphatic carbocycles. The van der Waals surface area contributed by atoms with E-state index in [1.807, 2.05) is 67.6 Å². The normalized spacial score (nSPS) is 10.4. The molecule has 0 fully saturated rings. The van der Waals surface area contributed by atoms with Crippen molar-refractivity contribution in [2.24, 2.45) is 0 Å². The van der Waals surface area contributed by atoms with Gasteiger partial charge in [-0.05, 0) is 36.1 Å². The molecule has 0 spiro atoms. The Balaban J connectivity index is 2.01. The lowest BCUT2D eigenvalue weighted by Gasteiger charge is -2.12. The monoisotopic (exact) mass is 344 g/mol. The van der Waals surface area contributed by atoms with Crippen molar-refractivity contribution in [1.29, 1.82) is 0 Å². The molecule has 0 aromatic heterocycles. The van der Waals surface area contributed by atoms with Gasteiger partial charge in [0, 0.05) is 11.1 Å². The molecule has 3 nitrogen and oxygen atoms in total. The van der Waals surface area contributed by atoms with E-state index < -0.39 is 0 Å². The highest BCUT2D eigenvalue weighted by atomic mass is 16.5. The molecule has 0 atom stereocenters. The number of benzene rings is 3. The van der Waals surface area contributed by atoms with E-state index in [1.54, 1.807) is 12.1 Å². The highest BCUT2D eigenvalue weighted by molar-refractivity contribution is 6.10. The standard InChI is InChI=1S/C23H20O3/c1-16-9-3-6-12-19(16)22(24)20-13-7-4-10-17(20)15-18-11-5-8-14-21(18)23(25)26-2/h3-14H,15H2,1-2H3. The summed E-state index contributed by atoms with van der Waals surface area (Å²) in [5.41, 5.74) is 4.54. The second kappa shape index (κ2) is 7.79. The summed E-state index contributed by atoms with van der Waals surface area (Å²) in [6.07, 6.45) is 0.485.